The van der Waals surface area contributed by atoms with Crippen LogP contribution in [0.2, 0.25) is 0 Å². The molecule has 0 radical (unpaired) electrons. The van der Waals surface area contributed by atoms with E-state index in [-0.39, 0.29) is 6.42 Å². The number of hydrogen-bond acceptors (Lipinski definition) is 1. The number of carboxylic acid groups (broad SMARTS) is 1. The predicted molar refractivity (Wildman–Crippen MR) is 64.3 cm³/mol. The van der Waals surface area contributed by atoms with Crippen molar-refractivity contribution in [3.05, 3.63) is 35.9 Å². The van der Waals surface area contributed by atoms with Crippen molar-refractivity contribution < 1.29 is 9.90 Å². The molecule has 3 heteroatoms. The summed E-state index contributed by atoms with van der Waals surface area (Å²) in [6, 6.07) is 10.2. The SMILES string of the molecule is O=C(O)CCC(CBr)Cc1ccccc1. The van der Waals surface area contributed by atoms with Crippen molar-refractivity contribution in [3.8, 4) is 0 Å². The van der Waals surface area contributed by atoms with Crippen LogP contribution in [-0.4, -0.2) is 16.4 Å². The summed E-state index contributed by atoms with van der Waals surface area (Å²) in [5.74, 6) is -0.308. The van der Waals surface area contributed by atoms with E-state index < -0.39 is 5.97 Å². The van der Waals surface area contributed by atoms with Crippen LogP contribution in [0.15, 0.2) is 30.3 Å². The number of halogens is 1. The molecule has 82 valence electrons. The Bertz CT molecular complexity index is 298. The zero-order valence-electron chi connectivity index (χ0n) is 8.53. The summed E-state index contributed by atoms with van der Waals surface area (Å²) in [5.41, 5.74) is 1.27. The van der Waals surface area contributed by atoms with Gasteiger partial charge in [-0.2, -0.15) is 0 Å². The molecule has 0 aliphatic carbocycles. The summed E-state index contributed by atoms with van der Waals surface area (Å²) in [4.78, 5) is 10.5. The average molecular weight is 271 g/mol. The maximum atomic E-state index is 10.5. The van der Waals surface area contributed by atoms with Crippen LogP contribution in [-0.2, 0) is 11.2 Å². The van der Waals surface area contributed by atoms with Crippen LogP contribution in [0.3, 0.4) is 0 Å². The van der Waals surface area contributed by atoms with E-state index >= 15 is 0 Å². The topological polar surface area (TPSA) is 37.3 Å². The molecule has 0 aromatic heterocycles. The molecule has 0 amide bonds. The molecule has 0 spiro atoms. The van der Waals surface area contributed by atoms with Crippen LogP contribution < -0.4 is 0 Å². The Labute approximate surface area is 98.4 Å². The van der Waals surface area contributed by atoms with Crippen LogP contribution in [0, 0.1) is 5.92 Å². The molecule has 2 nitrogen and oxygen atoms in total. The fourth-order valence-corrected chi connectivity index (χ4v) is 2.06. The predicted octanol–water partition coefficient (Wildman–Crippen LogP) is 3.11. The minimum absolute atomic E-state index is 0.253. The van der Waals surface area contributed by atoms with Crippen molar-refractivity contribution in [1.82, 2.24) is 0 Å². The fraction of sp³-hybridized carbons (Fsp3) is 0.417. The van der Waals surface area contributed by atoms with Crippen molar-refractivity contribution in [1.29, 1.82) is 0 Å². The first kappa shape index (κ1) is 12.2. The van der Waals surface area contributed by atoms with E-state index in [0.717, 1.165) is 18.2 Å². The zero-order chi connectivity index (χ0) is 11.1. The van der Waals surface area contributed by atoms with E-state index in [1.54, 1.807) is 0 Å². The molecule has 0 heterocycles. The third-order valence-electron chi connectivity index (χ3n) is 2.35. The maximum Gasteiger partial charge on any atom is 0.303 e. The van der Waals surface area contributed by atoms with Crippen molar-refractivity contribution in [2.24, 2.45) is 5.92 Å². The Morgan fingerprint density at radius 1 is 1.33 bits per heavy atom. The lowest BCUT2D eigenvalue weighted by Gasteiger charge is -2.12. The molecule has 0 fully saturated rings. The van der Waals surface area contributed by atoms with Gasteiger partial charge < -0.3 is 5.11 Å². The molecule has 0 aliphatic heterocycles. The van der Waals surface area contributed by atoms with Crippen LogP contribution in [0.5, 0.6) is 0 Å². The third-order valence-corrected chi connectivity index (χ3v) is 3.27. The lowest BCUT2D eigenvalue weighted by Crippen LogP contribution is -2.09. The first-order valence-corrected chi connectivity index (χ1v) is 6.16. The van der Waals surface area contributed by atoms with E-state index in [1.807, 2.05) is 18.2 Å². The highest BCUT2D eigenvalue weighted by Crippen LogP contribution is 2.16. The molecular formula is C12H15BrO2. The van der Waals surface area contributed by atoms with E-state index in [1.165, 1.54) is 5.56 Å². The summed E-state index contributed by atoms with van der Waals surface area (Å²) < 4.78 is 0. The van der Waals surface area contributed by atoms with Gasteiger partial charge in [-0.25, -0.2) is 0 Å². The number of hydrogen-bond donors (Lipinski definition) is 1. The second kappa shape index (κ2) is 6.62. The molecular weight excluding hydrogens is 256 g/mol. The van der Waals surface area contributed by atoms with Gasteiger partial charge in [0.15, 0.2) is 0 Å². The highest BCUT2D eigenvalue weighted by molar-refractivity contribution is 9.09. The summed E-state index contributed by atoms with van der Waals surface area (Å²) in [6.07, 6.45) is 1.93. The molecule has 15 heavy (non-hydrogen) atoms. The first-order chi connectivity index (χ1) is 7.22. The normalized spacial score (nSPS) is 12.3. The number of benzene rings is 1. The van der Waals surface area contributed by atoms with Gasteiger partial charge in [-0.1, -0.05) is 46.3 Å². The van der Waals surface area contributed by atoms with Gasteiger partial charge in [0.1, 0.15) is 0 Å². The summed E-state index contributed by atoms with van der Waals surface area (Å²) in [5, 5.41) is 9.46. The standard InChI is InChI=1S/C12H15BrO2/c13-9-11(6-7-12(14)15)8-10-4-2-1-3-5-10/h1-5,11H,6-9H2,(H,14,15). The number of aliphatic carboxylic acids is 1. The number of alkyl halides is 1. The quantitative estimate of drug-likeness (QED) is 0.807. The summed E-state index contributed by atoms with van der Waals surface area (Å²) in [7, 11) is 0. The smallest absolute Gasteiger partial charge is 0.303 e. The van der Waals surface area contributed by atoms with Crippen LogP contribution in [0.4, 0.5) is 0 Å². The van der Waals surface area contributed by atoms with Gasteiger partial charge in [0.25, 0.3) is 0 Å². The molecule has 0 bridgehead atoms. The summed E-state index contributed by atoms with van der Waals surface area (Å²) >= 11 is 3.43. The Morgan fingerprint density at radius 3 is 2.53 bits per heavy atom. The minimum atomic E-state index is -0.714. The lowest BCUT2D eigenvalue weighted by atomic mass is 9.97. The Morgan fingerprint density at radius 2 is 2.00 bits per heavy atom. The average Bonchev–Trinajstić information content (AvgIpc) is 2.25. The highest BCUT2D eigenvalue weighted by atomic mass is 79.9. The Hall–Kier alpha value is -0.830. The largest absolute Gasteiger partial charge is 0.481 e. The van der Waals surface area contributed by atoms with E-state index in [0.29, 0.717) is 5.92 Å². The molecule has 0 saturated heterocycles. The van der Waals surface area contributed by atoms with E-state index in [9.17, 15) is 4.79 Å². The van der Waals surface area contributed by atoms with Gasteiger partial charge in [-0.15, -0.1) is 0 Å². The minimum Gasteiger partial charge on any atom is -0.481 e. The highest BCUT2D eigenvalue weighted by Gasteiger charge is 2.10. The number of rotatable bonds is 6. The van der Waals surface area contributed by atoms with Gasteiger partial charge in [-0.3, -0.25) is 4.79 Å². The lowest BCUT2D eigenvalue weighted by molar-refractivity contribution is -0.137. The van der Waals surface area contributed by atoms with Crippen LogP contribution in [0.1, 0.15) is 18.4 Å². The van der Waals surface area contributed by atoms with Gasteiger partial charge in [0.05, 0.1) is 0 Å². The number of carbonyl (C=O) groups is 1. The molecule has 1 atom stereocenters. The maximum absolute atomic E-state index is 10.5. The van der Waals surface area contributed by atoms with Crippen molar-refractivity contribution in [2.75, 3.05) is 5.33 Å². The van der Waals surface area contributed by atoms with Crippen molar-refractivity contribution in [2.45, 2.75) is 19.3 Å². The molecule has 1 unspecified atom stereocenters. The second-order valence-corrected chi connectivity index (χ2v) is 4.29. The molecule has 1 aromatic carbocycles. The molecule has 1 N–H and O–H groups in total. The summed E-state index contributed by atoms with van der Waals surface area (Å²) in [6.45, 7) is 0. The van der Waals surface area contributed by atoms with Gasteiger partial charge >= 0.3 is 5.97 Å². The van der Waals surface area contributed by atoms with Gasteiger partial charge in [-0.05, 0) is 24.3 Å². The molecule has 1 aromatic rings. The Kier molecular flexibility index (Phi) is 5.40. The molecule has 1 rings (SSSR count). The third kappa shape index (κ3) is 4.98. The van der Waals surface area contributed by atoms with E-state index in [2.05, 4.69) is 28.1 Å². The van der Waals surface area contributed by atoms with Crippen LogP contribution in [0.25, 0.3) is 0 Å². The zero-order valence-corrected chi connectivity index (χ0v) is 10.1. The first-order valence-electron chi connectivity index (χ1n) is 5.04. The van der Waals surface area contributed by atoms with Gasteiger partial charge in [0.2, 0.25) is 0 Å². The van der Waals surface area contributed by atoms with Crippen LogP contribution >= 0.6 is 15.9 Å². The second-order valence-electron chi connectivity index (χ2n) is 3.64. The van der Waals surface area contributed by atoms with Crippen molar-refractivity contribution in [3.63, 3.8) is 0 Å². The molecule has 0 saturated carbocycles. The van der Waals surface area contributed by atoms with E-state index in [4.69, 9.17) is 5.11 Å². The van der Waals surface area contributed by atoms with Gasteiger partial charge in [0, 0.05) is 11.8 Å². The fourth-order valence-electron chi connectivity index (χ4n) is 1.51. The monoisotopic (exact) mass is 270 g/mol. The van der Waals surface area contributed by atoms with Crippen molar-refractivity contribution >= 4 is 21.9 Å². The molecule has 0 aliphatic rings. The number of carboxylic acids is 1. The Balaban J connectivity index is 2.43.